The van der Waals surface area contributed by atoms with Gasteiger partial charge in [-0.25, -0.2) is 14.0 Å². The third-order valence-electron chi connectivity index (χ3n) is 6.03. The molecule has 2 aromatic rings. The monoisotopic (exact) mass is 470 g/mol. The van der Waals surface area contributed by atoms with Gasteiger partial charge in [-0.15, -0.1) is 0 Å². The molecule has 0 aliphatic carbocycles. The van der Waals surface area contributed by atoms with Gasteiger partial charge in [0, 0.05) is 19.1 Å². The standard InChI is InChI=1S/C25H27FN2O6/c26-20-8-4-5-9-22(20)32-15-12-23(29)27-13-10-19(11-14-27)28-21(17-34-25(28)31)24(30)33-16-18-6-2-1-3-7-18/h1-9,19,21H,10-17H2. The van der Waals surface area contributed by atoms with Crippen molar-refractivity contribution < 1.29 is 33.0 Å². The Morgan fingerprint density at radius 2 is 1.74 bits per heavy atom. The lowest BCUT2D eigenvalue weighted by atomic mass is 10.0. The number of hydrogen-bond acceptors (Lipinski definition) is 6. The first-order valence-electron chi connectivity index (χ1n) is 11.3. The van der Waals surface area contributed by atoms with Crippen LogP contribution in [0.2, 0.25) is 0 Å². The van der Waals surface area contributed by atoms with Crippen LogP contribution in [0.5, 0.6) is 5.75 Å². The molecular formula is C25H27FN2O6. The molecule has 2 fully saturated rings. The fourth-order valence-corrected chi connectivity index (χ4v) is 4.20. The van der Waals surface area contributed by atoms with Crippen molar-refractivity contribution in [3.8, 4) is 5.75 Å². The van der Waals surface area contributed by atoms with E-state index in [1.807, 2.05) is 30.3 Å². The fourth-order valence-electron chi connectivity index (χ4n) is 4.20. The molecule has 4 rings (SSSR count). The zero-order valence-electron chi connectivity index (χ0n) is 18.7. The highest BCUT2D eigenvalue weighted by molar-refractivity contribution is 5.84. The Morgan fingerprint density at radius 1 is 1.03 bits per heavy atom. The van der Waals surface area contributed by atoms with Gasteiger partial charge in [-0.05, 0) is 30.5 Å². The van der Waals surface area contributed by atoms with E-state index in [0.29, 0.717) is 25.9 Å². The maximum Gasteiger partial charge on any atom is 0.410 e. The largest absolute Gasteiger partial charge is 0.490 e. The summed E-state index contributed by atoms with van der Waals surface area (Å²) in [6, 6.07) is 14.4. The van der Waals surface area contributed by atoms with Gasteiger partial charge in [0.1, 0.15) is 13.2 Å². The number of para-hydroxylation sites is 1. The highest BCUT2D eigenvalue weighted by Crippen LogP contribution is 2.25. The van der Waals surface area contributed by atoms with Crippen molar-refractivity contribution in [1.29, 1.82) is 0 Å². The summed E-state index contributed by atoms with van der Waals surface area (Å²) in [5, 5.41) is 0. The van der Waals surface area contributed by atoms with E-state index >= 15 is 0 Å². The molecule has 0 bridgehead atoms. The molecule has 2 aliphatic heterocycles. The Hall–Kier alpha value is -3.62. The highest BCUT2D eigenvalue weighted by Gasteiger charge is 2.44. The molecule has 2 aliphatic rings. The van der Waals surface area contributed by atoms with Crippen LogP contribution in [-0.2, 0) is 25.7 Å². The minimum absolute atomic E-state index is 0.0427. The number of likely N-dealkylation sites (tertiary alicyclic amines) is 1. The molecule has 9 heteroatoms. The number of piperidine rings is 1. The van der Waals surface area contributed by atoms with E-state index in [2.05, 4.69) is 0 Å². The molecule has 0 spiro atoms. The summed E-state index contributed by atoms with van der Waals surface area (Å²) < 4.78 is 29.5. The molecule has 8 nitrogen and oxygen atoms in total. The number of hydrogen-bond donors (Lipinski definition) is 0. The lowest BCUT2D eigenvalue weighted by Crippen LogP contribution is -2.52. The predicted molar refractivity (Wildman–Crippen MR) is 119 cm³/mol. The number of carbonyl (C=O) groups excluding carboxylic acids is 3. The first-order valence-corrected chi connectivity index (χ1v) is 11.3. The molecule has 2 amide bonds. The Labute approximate surface area is 197 Å². The van der Waals surface area contributed by atoms with Gasteiger partial charge in [-0.3, -0.25) is 9.69 Å². The number of halogens is 1. The predicted octanol–water partition coefficient (Wildman–Crippen LogP) is 3.15. The number of rotatable bonds is 8. The SMILES string of the molecule is O=C(OCc1ccccc1)C1COC(=O)N1C1CCN(C(=O)CCOc2ccccc2F)CC1. The van der Waals surface area contributed by atoms with E-state index in [4.69, 9.17) is 14.2 Å². The molecule has 0 saturated carbocycles. The van der Waals surface area contributed by atoms with Crippen molar-refractivity contribution >= 4 is 18.0 Å². The Kier molecular flexibility index (Phi) is 7.61. The number of benzene rings is 2. The minimum Gasteiger partial charge on any atom is -0.490 e. The van der Waals surface area contributed by atoms with Gasteiger partial charge < -0.3 is 19.1 Å². The molecule has 1 atom stereocenters. The second kappa shape index (κ2) is 11.0. The summed E-state index contributed by atoms with van der Waals surface area (Å²) in [6.45, 7) is 1.05. The van der Waals surface area contributed by atoms with Crippen LogP contribution in [0.1, 0.15) is 24.8 Å². The van der Waals surface area contributed by atoms with Crippen molar-refractivity contribution in [2.45, 2.75) is 38.0 Å². The summed E-state index contributed by atoms with van der Waals surface area (Å²) in [5.41, 5.74) is 0.860. The number of ether oxygens (including phenoxy) is 3. The number of amides is 2. The maximum atomic E-state index is 13.6. The molecular weight excluding hydrogens is 443 g/mol. The summed E-state index contributed by atoms with van der Waals surface area (Å²) in [4.78, 5) is 40.7. The number of nitrogens with zero attached hydrogens (tertiary/aromatic N) is 2. The molecule has 34 heavy (non-hydrogen) atoms. The van der Waals surface area contributed by atoms with Crippen LogP contribution in [-0.4, -0.2) is 66.2 Å². The molecule has 2 heterocycles. The van der Waals surface area contributed by atoms with Crippen LogP contribution < -0.4 is 4.74 Å². The average molecular weight is 470 g/mol. The summed E-state index contributed by atoms with van der Waals surface area (Å²) in [7, 11) is 0. The van der Waals surface area contributed by atoms with Crippen LogP contribution in [0.3, 0.4) is 0 Å². The van der Waals surface area contributed by atoms with Gasteiger partial charge in [0.05, 0.1) is 13.0 Å². The molecule has 2 aromatic carbocycles. The second-order valence-corrected chi connectivity index (χ2v) is 8.23. The Balaban J connectivity index is 1.24. The van der Waals surface area contributed by atoms with Crippen molar-refractivity contribution in [2.24, 2.45) is 0 Å². The summed E-state index contributed by atoms with van der Waals surface area (Å²) in [6.07, 6.45) is 0.637. The van der Waals surface area contributed by atoms with E-state index in [1.165, 1.54) is 17.0 Å². The van der Waals surface area contributed by atoms with Crippen molar-refractivity contribution in [2.75, 3.05) is 26.3 Å². The minimum atomic E-state index is -0.794. The summed E-state index contributed by atoms with van der Waals surface area (Å²) >= 11 is 0. The Bertz CT molecular complexity index is 1010. The van der Waals surface area contributed by atoms with Crippen LogP contribution >= 0.6 is 0 Å². The number of cyclic esters (lactones) is 1. The van der Waals surface area contributed by atoms with Crippen LogP contribution in [0, 0.1) is 5.82 Å². The van der Waals surface area contributed by atoms with Crippen LogP contribution in [0.25, 0.3) is 0 Å². The zero-order valence-corrected chi connectivity index (χ0v) is 18.7. The van der Waals surface area contributed by atoms with E-state index in [-0.39, 0.29) is 43.9 Å². The number of carbonyl (C=O) groups is 3. The zero-order chi connectivity index (χ0) is 23.9. The first-order chi connectivity index (χ1) is 16.5. The average Bonchev–Trinajstić information content (AvgIpc) is 3.25. The third-order valence-corrected chi connectivity index (χ3v) is 6.03. The Morgan fingerprint density at radius 3 is 2.47 bits per heavy atom. The fraction of sp³-hybridized carbons (Fsp3) is 0.400. The van der Waals surface area contributed by atoms with Gasteiger partial charge in [-0.1, -0.05) is 42.5 Å². The van der Waals surface area contributed by atoms with E-state index in [0.717, 1.165) is 5.56 Å². The van der Waals surface area contributed by atoms with Crippen LogP contribution in [0.15, 0.2) is 54.6 Å². The molecule has 180 valence electrons. The lowest BCUT2D eigenvalue weighted by Gasteiger charge is -2.37. The quantitative estimate of drug-likeness (QED) is 0.551. The van der Waals surface area contributed by atoms with E-state index < -0.39 is 23.9 Å². The first kappa shape index (κ1) is 23.5. The molecule has 1 unspecified atom stereocenters. The molecule has 0 N–H and O–H groups in total. The van der Waals surface area contributed by atoms with Gasteiger partial charge in [0.2, 0.25) is 5.91 Å². The van der Waals surface area contributed by atoms with Gasteiger partial charge in [0.15, 0.2) is 17.6 Å². The number of esters is 1. The molecule has 0 radical (unpaired) electrons. The third kappa shape index (κ3) is 5.65. The highest BCUT2D eigenvalue weighted by atomic mass is 19.1. The second-order valence-electron chi connectivity index (χ2n) is 8.23. The topological polar surface area (TPSA) is 85.4 Å². The van der Waals surface area contributed by atoms with Crippen molar-refractivity contribution in [1.82, 2.24) is 9.80 Å². The molecule has 0 aromatic heterocycles. The molecule has 2 saturated heterocycles. The van der Waals surface area contributed by atoms with Gasteiger partial charge in [0.25, 0.3) is 0 Å². The van der Waals surface area contributed by atoms with E-state index in [1.54, 1.807) is 17.0 Å². The maximum absolute atomic E-state index is 13.6. The van der Waals surface area contributed by atoms with Gasteiger partial charge in [-0.2, -0.15) is 0 Å². The van der Waals surface area contributed by atoms with Crippen molar-refractivity contribution in [3.63, 3.8) is 0 Å². The smallest absolute Gasteiger partial charge is 0.410 e. The summed E-state index contributed by atoms with van der Waals surface area (Å²) in [5.74, 6) is -0.951. The normalized spacial score (nSPS) is 18.5. The van der Waals surface area contributed by atoms with Crippen LogP contribution in [0.4, 0.5) is 9.18 Å². The van der Waals surface area contributed by atoms with Gasteiger partial charge >= 0.3 is 12.1 Å². The van der Waals surface area contributed by atoms with Crippen molar-refractivity contribution in [3.05, 3.63) is 66.0 Å². The lowest BCUT2D eigenvalue weighted by molar-refractivity contribution is -0.150. The van der Waals surface area contributed by atoms with E-state index in [9.17, 15) is 18.8 Å².